The third-order valence-corrected chi connectivity index (χ3v) is 2.46. The Kier molecular flexibility index (Phi) is 2.74. The fourth-order valence-electron chi connectivity index (χ4n) is 1.80. The molecule has 0 radical (unpaired) electrons. The second kappa shape index (κ2) is 3.48. The zero-order chi connectivity index (χ0) is 10.1. The molecule has 0 atom stereocenters. The molecule has 0 aromatic heterocycles. The molecular weight excluding hydrogens is 166 g/mol. The maximum atomic E-state index is 11.6. The lowest BCUT2D eigenvalue weighted by Crippen LogP contribution is -2.42. The van der Waals surface area contributed by atoms with Crippen molar-refractivity contribution < 1.29 is 9.59 Å². The van der Waals surface area contributed by atoms with Crippen molar-refractivity contribution in [3.8, 4) is 0 Å². The molecule has 13 heavy (non-hydrogen) atoms. The largest absolute Gasteiger partial charge is 0.330 e. The lowest BCUT2D eigenvalue weighted by Gasteiger charge is -2.30. The van der Waals surface area contributed by atoms with Gasteiger partial charge in [0.05, 0.1) is 6.54 Å². The van der Waals surface area contributed by atoms with Gasteiger partial charge in [0.2, 0.25) is 5.91 Å². The van der Waals surface area contributed by atoms with Crippen molar-refractivity contribution in [3.63, 3.8) is 0 Å². The first-order chi connectivity index (χ1) is 5.97. The lowest BCUT2D eigenvalue weighted by atomic mass is 10.0. The molecule has 74 valence electrons. The van der Waals surface area contributed by atoms with Gasteiger partial charge in [0.15, 0.2) is 5.78 Å². The van der Waals surface area contributed by atoms with Gasteiger partial charge in [-0.2, -0.15) is 0 Å². The van der Waals surface area contributed by atoms with E-state index in [1.54, 1.807) is 4.90 Å². The van der Waals surface area contributed by atoms with Crippen LogP contribution in [0.15, 0.2) is 0 Å². The Morgan fingerprint density at radius 1 is 1.54 bits per heavy atom. The van der Waals surface area contributed by atoms with Gasteiger partial charge in [-0.25, -0.2) is 0 Å². The Morgan fingerprint density at radius 2 is 2.15 bits per heavy atom. The smallest absolute Gasteiger partial charge is 0.223 e. The summed E-state index contributed by atoms with van der Waals surface area (Å²) in [6.07, 6.45) is 1.90. The summed E-state index contributed by atoms with van der Waals surface area (Å²) >= 11 is 0. The van der Waals surface area contributed by atoms with Crippen LogP contribution in [0.3, 0.4) is 0 Å². The Morgan fingerprint density at radius 3 is 2.54 bits per heavy atom. The summed E-state index contributed by atoms with van der Waals surface area (Å²) in [5.74, 6) is 0.285. The highest BCUT2D eigenvalue weighted by molar-refractivity contribution is 5.91. The van der Waals surface area contributed by atoms with Gasteiger partial charge < -0.3 is 4.90 Å². The average Bonchev–Trinajstić information content (AvgIpc) is 2.24. The Hall–Kier alpha value is -0.860. The molecule has 1 saturated heterocycles. The lowest BCUT2D eigenvalue weighted by molar-refractivity contribution is -0.135. The van der Waals surface area contributed by atoms with E-state index in [0.29, 0.717) is 19.4 Å². The minimum Gasteiger partial charge on any atom is -0.330 e. The molecule has 0 spiro atoms. The molecule has 1 heterocycles. The number of nitrogens with zero attached hydrogens (tertiary/aromatic N) is 1. The van der Waals surface area contributed by atoms with E-state index < -0.39 is 0 Å². The van der Waals surface area contributed by atoms with Crippen LogP contribution in [-0.2, 0) is 9.59 Å². The van der Waals surface area contributed by atoms with E-state index in [9.17, 15) is 9.59 Å². The molecule has 3 heteroatoms. The van der Waals surface area contributed by atoms with E-state index in [0.717, 1.165) is 6.42 Å². The molecule has 0 N–H and O–H groups in total. The summed E-state index contributed by atoms with van der Waals surface area (Å²) in [5, 5.41) is 0. The topological polar surface area (TPSA) is 37.4 Å². The number of carbonyl (C=O) groups excluding carboxylic acids is 2. The molecule has 1 rings (SSSR count). The van der Waals surface area contributed by atoms with Crippen molar-refractivity contribution in [1.82, 2.24) is 4.90 Å². The summed E-state index contributed by atoms with van der Waals surface area (Å²) in [6, 6.07) is 0. The number of ketones is 1. The van der Waals surface area contributed by atoms with Crippen LogP contribution in [0.25, 0.3) is 0 Å². The highest BCUT2D eigenvalue weighted by atomic mass is 16.2. The third kappa shape index (κ3) is 2.08. The molecule has 0 aromatic carbocycles. The van der Waals surface area contributed by atoms with E-state index in [-0.39, 0.29) is 17.2 Å². The summed E-state index contributed by atoms with van der Waals surface area (Å²) < 4.78 is 0. The first-order valence-corrected chi connectivity index (χ1v) is 4.79. The zero-order valence-corrected chi connectivity index (χ0v) is 8.59. The van der Waals surface area contributed by atoms with Gasteiger partial charge in [0, 0.05) is 18.4 Å². The summed E-state index contributed by atoms with van der Waals surface area (Å²) in [6.45, 7) is 6.19. The molecule has 0 unspecified atom stereocenters. The SMILES string of the molecule is CCCC(=O)N1CC(=O)CC1(C)C. The predicted molar refractivity (Wildman–Crippen MR) is 50.3 cm³/mol. The number of rotatable bonds is 2. The number of Topliss-reactive ketones (excluding diaryl/α,β-unsaturated/α-hetero) is 1. The van der Waals surface area contributed by atoms with Crippen LogP contribution in [0.2, 0.25) is 0 Å². The fraction of sp³-hybridized carbons (Fsp3) is 0.800. The van der Waals surface area contributed by atoms with Gasteiger partial charge in [0.1, 0.15) is 0 Å². The number of carbonyl (C=O) groups is 2. The highest BCUT2D eigenvalue weighted by Gasteiger charge is 2.39. The summed E-state index contributed by atoms with van der Waals surface area (Å²) in [4.78, 5) is 24.5. The van der Waals surface area contributed by atoms with E-state index in [1.807, 2.05) is 20.8 Å². The molecule has 0 aliphatic carbocycles. The van der Waals surface area contributed by atoms with Crippen LogP contribution >= 0.6 is 0 Å². The van der Waals surface area contributed by atoms with Gasteiger partial charge >= 0.3 is 0 Å². The third-order valence-electron chi connectivity index (χ3n) is 2.46. The van der Waals surface area contributed by atoms with Gasteiger partial charge in [0.25, 0.3) is 0 Å². The molecule has 3 nitrogen and oxygen atoms in total. The Bertz CT molecular complexity index is 233. The molecule has 1 amide bonds. The van der Waals surface area contributed by atoms with Crippen LogP contribution in [0, 0.1) is 0 Å². The standard InChI is InChI=1S/C10H17NO2/c1-4-5-9(13)11-7-8(12)6-10(11,2)3/h4-7H2,1-3H3. The highest BCUT2D eigenvalue weighted by Crippen LogP contribution is 2.26. The minimum atomic E-state index is -0.261. The van der Waals surface area contributed by atoms with Crippen molar-refractivity contribution >= 4 is 11.7 Å². The normalized spacial score (nSPS) is 20.8. The number of hydrogen-bond donors (Lipinski definition) is 0. The molecule has 1 aliphatic heterocycles. The van der Waals surface area contributed by atoms with Gasteiger partial charge in [-0.1, -0.05) is 6.92 Å². The number of hydrogen-bond acceptors (Lipinski definition) is 2. The van der Waals surface area contributed by atoms with Crippen molar-refractivity contribution in [1.29, 1.82) is 0 Å². The zero-order valence-electron chi connectivity index (χ0n) is 8.59. The maximum Gasteiger partial charge on any atom is 0.223 e. The van der Waals surface area contributed by atoms with Crippen LogP contribution in [0.1, 0.15) is 40.0 Å². The van der Waals surface area contributed by atoms with Crippen LogP contribution in [0.4, 0.5) is 0 Å². The van der Waals surface area contributed by atoms with E-state index in [2.05, 4.69) is 0 Å². The monoisotopic (exact) mass is 183 g/mol. The number of likely N-dealkylation sites (tertiary alicyclic amines) is 1. The Balaban J connectivity index is 2.69. The van der Waals surface area contributed by atoms with Crippen LogP contribution < -0.4 is 0 Å². The van der Waals surface area contributed by atoms with Crippen LogP contribution in [-0.4, -0.2) is 28.7 Å². The van der Waals surface area contributed by atoms with Crippen LogP contribution in [0.5, 0.6) is 0 Å². The van der Waals surface area contributed by atoms with Gasteiger partial charge in [-0.15, -0.1) is 0 Å². The Labute approximate surface area is 79.1 Å². The van der Waals surface area contributed by atoms with Gasteiger partial charge in [-0.3, -0.25) is 9.59 Å². The average molecular weight is 183 g/mol. The van der Waals surface area contributed by atoms with Gasteiger partial charge in [-0.05, 0) is 20.3 Å². The fourth-order valence-corrected chi connectivity index (χ4v) is 1.80. The molecule has 1 aliphatic rings. The van der Waals surface area contributed by atoms with Crippen molar-refractivity contribution in [2.45, 2.75) is 45.6 Å². The molecule has 0 aromatic rings. The van der Waals surface area contributed by atoms with E-state index in [1.165, 1.54) is 0 Å². The second-order valence-corrected chi connectivity index (χ2v) is 4.26. The minimum absolute atomic E-state index is 0.110. The second-order valence-electron chi connectivity index (χ2n) is 4.26. The maximum absolute atomic E-state index is 11.6. The molecular formula is C10H17NO2. The van der Waals surface area contributed by atoms with Crippen molar-refractivity contribution in [2.24, 2.45) is 0 Å². The first-order valence-electron chi connectivity index (χ1n) is 4.79. The quantitative estimate of drug-likeness (QED) is 0.648. The molecule has 1 fully saturated rings. The molecule has 0 saturated carbocycles. The summed E-state index contributed by atoms with van der Waals surface area (Å²) in [7, 11) is 0. The van der Waals surface area contributed by atoms with E-state index >= 15 is 0 Å². The predicted octanol–water partition coefficient (Wildman–Crippen LogP) is 1.37. The summed E-state index contributed by atoms with van der Waals surface area (Å²) in [5.41, 5.74) is -0.261. The molecule has 0 bridgehead atoms. The van der Waals surface area contributed by atoms with Crippen molar-refractivity contribution in [2.75, 3.05) is 6.54 Å². The first kappa shape index (κ1) is 10.2. The number of amides is 1. The van der Waals surface area contributed by atoms with E-state index in [4.69, 9.17) is 0 Å². The van der Waals surface area contributed by atoms with Crippen molar-refractivity contribution in [3.05, 3.63) is 0 Å².